The van der Waals surface area contributed by atoms with Gasteiger partial charge in [-0.1, -0.05) is 42.8 Å². The number of amidine groups is 1. The summed E-state index contributed by atoms with van der Waals surface area (Å²) in [7, 11) is 0. The fraction of sp³-hybridized carbons (Fsp3) is 0.308. The van der Waals surface area contributed by atoms with Crippen molar-refractivity contribution in [1.29, 1.82) is 0 Å². The third kappa shape index (κ3) is 5.76. The van der Waals surface area contributed by atoms with Crippen LogP contribution in [0.2, 0.25) is 10.0 Å². The highest BCUT2D eigenvalue weighted by Crippen LogP contribution is 2.29. The third-order valence-electron chi connectivity index (χ3n) is 2.28. The highest BCUT2D eigenvalue weighted by Gasteiger charge is 2.06. The monoisotopic (exact) mass is 317 g/mol. The molecule has 1 aromatic carbocycles. The molecule has 104 valence electrons. The van der Waals surface area contributed by atoms with Crippen LogP contribution in [0.5, 0.6) is 0 Å². The lowest BCUT2D eigenvalue weighted by atomic mass is 10.2. The van der Waals surface area contributed by atoms with E-state index in [1.165, 1.54) is 11.8 Å². The lowest BCUT2D eigenvalue weighted by Crippen LogP contribution is -2.16. The van der Waals surface area contributed by atoms with Gasteiger partial charge in [-0.3, -0.25) is 5.43 Å². The molecule has 0 heterocycles. The molecule has 0 amide bonds. The molecule has 0 fully saturated rings. The molecule has 19 heavy (non-hydrogen) atoms. The molecule has 1 aromatic rings. The van der Waals surface area contributed by atoms with E-state index >= 15 is 0 Å². The van der Waals surface area contributed by atoms with Crippen LogP contribution in [0, 0.1) is 0 Å². The summed E-state index contributed by atoms with van der Waals surface area (Å²) in [6, 6.07) is 5.45. The van der Waals surface area contributed by atoms with Gasteiger partial charge in [-0.25, -0.2) is 0 Å². The molecule has 0 saturated heterocycles. The number of hydrogen-bond donors (Lipinski definition) is 2. The predicted molar refractivity (Wildman–Crippen MR) is 86.6 cm³/mol. The van der Waals surface area contributed by atoms with Gasteiger partial charge in [0.25, 0.3) is 0 Å². The fourth-order valence-corrected chi connectivity index (χ4v) is 2.74. The number of thioether (sulfide) groups is 1. The summed E-state index contributed by atoms with van der Waals surface area (Å²) in [5, 5.41) is 6.04. The Hall–Kier alpha value is -0.840. The van der Waals surface area contributed by atoms with E-state index in [-0.39, 0.29) is 0 Å². The summed E-state index contributed by atoms with van der Waals surface area (Å²) in [6.07, 6.45) is 1.73. The molecule has 0 aromatic heterocycles. The quantitative estimate of drug-likeness (QED) is 0.446. The van der Waals surface area contributed by atoms with Crippen molar-refractivity contribution in [1.82, 2.24) is 5.43 Å². The minimum absolute atomic E-state index is 0.569. The van der Waals surface area contributed by atoms with Crippen LogP contribution < -0.4 is 11.2 Å². The normalized spacial score (nSPS) is 11.4. The van der Waals surface area contributed by atoms with Crippen molar-refractivity contribution in [3.63, 3.8) is 0 Å². The molecule has 0 unspecified atom stereocenters. The third-order valence-corrected chi connectivity index (χ3v) is 3.86. The lowest BCUT2D eigenvalue weighted by molar-refractivity contribution is 0.905. The molecule has 0 spiro atoms. The summed E-state index contributed by atoms with van der Waals surface area (Å²) in [6.45, 7) is 5.91. The topological polar surface area (TPSA) is 50.4 Å². The Kier molecular flexibility index (Phi) is 7.13. The first kappa shape index (κ1) is 16.2. The molecular formula is C13H17Cl2N3S. The van der Waals surface area contributed by atoms with Gasteiger partial charge in [0.2, 0.25) is 0 Å². The molecule has 3 nitrogen and oxygen atoms in total. The van der Waals surface area contributed by atoms with Crippen molar-refractivity contribution < 1.29 is 0 Å². The summed E-state index contributed by atoms with van der Waals surface area (Å²) in [4.78, 5) is 0. The molecule has 0 bridgehead atoms. The van der Waals surface area contributed by atoms with Crippen molar-refractivity contribution in [2.24, 2.45) is 10.8 Å². The number of halogens is 2. The van der Waals surface area contributed by atoms with E-state index in [0.29, 0.717) is 26.7 Å². The van der Waals surface area contributed by atoms with E-state index in [1.807, 2.05) is 25.1 Å². The molecular weight excluding hydrogens is 301 g/mol. The van der Waals surface area contributed by atoms with Crippen LogP contribution in [0.15, 0.2) is 34.9 Å². The highest BCUT2D eigenvalue weighted by atomic mass is 35.5. The maximum atomic E-state index is 6.09. The second-order valence-corrected chi connectivity index (χ2v) is 5.76. The number of nitrogens with one attached hydrogen (secondary N) is 1. The van der Waals surface area contributed by atoms with Gasteiger partial charge >= 0.3 is 0 Å². The molecule has 0 aliphatic heterocycles. The average molecular weight is 318 g/mol. The largest absolute Gasteiger partial charge is 0.386 e. The van der Waals surface area contributed by atoms with Gasteiger partial charge < -0.3 is 5.73 Å². The van der Waals surface area contributed by atoms with Crippen LogP contribution in [0.1, 0.15) is 25.3 Å². The first-order valence-electron chi connectivity index (χ1n) is 5.87. The van der Waals surface area contributed by atoms with Crippen LogP contribution in [0.4, 0.5) is 0 Å². The van der Waals surface area contributed by atoms with E-state index < -0.39 is 0 Å². The first-order valence-corrected chi connectivity index (χ1v) is 7.61. The molecule has 1 rings (SSSR count). The van der Waals surface area contributed by atoms with Crippen LogP contribution in [-0.4, -0.2) is 5.84 Å². The van der Waals surface area contributed by atoms with E-state index in [2.05, 4.69) is 17.1 Å². The minimum Gasteiger partial charge on any atom is -0.386 e. The number of nitrogens with zero attached hydrogens (tertiary/aromatic N) is 1. The maximum Gasteiger partial charge on any atom is 0.120 e. The Morgan fingerprint density at radius 1 is 1.42 bits per heavy atom. The second-order valence-electron chi connectivity index (χ2n) is 3.88. The van der Waals surface area contributed by atoms with Crippen molar-refractivity contribution >= 4 is 40.8 Å². The molecule has 0 saturated carbocycles. The van der Waals surface area contributed by atoms with E-state index in [9.17, 15) is 0 Å². The number of nitrogens with two attached hydrogens (primary N) is 1. The summed E-state index contributed by atoms with van der Waals surface area (Å²) in [5.74, 6) is 1.20. The molecule has 0 atom stereocenters. The zero-order chi connectivity index (χ0) is 14.3. The second kappa shape index (κ2) is 8.35. The summed E-state index contributed by atoms with van der Waals surface area (Å²) in [5.41, 5.74) is 9.40. The van der Waals surface area contributed by atoms with E-state index in [1.54, 1.807) is 0 Å². The summed E-state index contributed by atoms with van der Waals surface area (Å²) < 4.78 is 0. The molecule has 0 aliphatic carbocycles. The Bertz CT molecular complexity index is 455. The zero-order valence-electron chi connectivity index (χ0n) is 10.7. The van der Waals surface area contributed by atoms with Gasteiger partial charge in [-0.05, 0) is 24.1 Å². The van der Waals surface area contributed by atoms with E-state index in [4.69, 9.17) is 28.9 Å². The Labute approximate surface area is 128 Å². The average Bonchev–Trinajstić information content (AvgIpc) is 2.36. The number of hydrogen-bond acceptors (Lipinski definition) is 3. The maximum absolute atomic E-state index is 6.09. The first-order chi connectivity index (χ1) is 9.04. The number of rotatable bonds is 7. The summed E-state index contributed by atoms with van der Waals surface area (Å²) >= 11 is 13.7. The van der Waals surface area contributed by atoms with Crippen molar-refractivity contribution in [3.8, 4) is 0 Å². The Morgan fingerprint density at radius 3 is 2.63 bits per heavy atom. The van der Waals surface area contributed by atoms with Crippen molar-refractivity contribution in [2.45, 2.75) is 25.5 Å². The van der Waals surface area contributed by atoms with Crippen LogP contribution in [0.3, 0.4) is 0 Å². The number of hydrazone groups is 1. The van der Waals surface area contributed by atoms with Gasteiger partial charge in [-0.15, -0.1) is 11.8 Å². The Morgan fingerprint density at radius 2 is 2.05 bits per heavy atom. The molecule has 3 N–H and O–H groups in total. The van der Waals surface area contributed by atoms with Gasteiger partial charge in [-0.2, -0.15) is 5.10 Å². The van der Waals surface area contributed by atoms with Crippen molar-refractivity contribution in [3.05, 3.63) is 45.4 Å². The molecule has 0 aliphatic rings. The van der Waals surface area contributed by atoms with Crippen molar-refractivity contribution in [2.75, 3.05) is 0 Å². The minimum atomic E-state index is 0.569. The van der Waals surface area contributed by atoms with Crippen LogP contribution in [-0.2, 0) is 5.75 Å². The SMILES string of the molecule is C=C(N/N=C(/N)CCC)SCc1c(Cl)cccc1Cl. The van der Waals surface area contributed by atoms with Gasteiger partial charge in [0, 0.05) is 22.2 Å². The predicted octanol–water partition coefficient (Wildman–Crippen LogP) is 4.36. The highest BCUT2D eigenvalue weighted by molar-refractivity contribution is 8.02. The Balaban J connectivity index is 2.49. The molecule has 0 radical (unpaired) electrons. The number of benzene rings is 1. The van der Waals surface area contributed by atoms with Crippen LogP contribution in [0.25, 0.3) is 0 Å². The van der Waals surface area contributed by atoms with Crippen LogP contribution >= 0.6 is 35.0 Å². The van der Waals surface area contributed by atoms with E-state index in [0.717, 1.165) is 18.4 Å². The van der Waals surface area contributed by atoms with Gasteiger partial charge in [0.15, 0.2) is 0 Å². The standard InChI is InChI=1S/C13H17Cl2N3S/c1-3-5-13(16)18-17-9(2)19-8-10-11(14)6-4-7-12(10)15/h4,6-7,17H,2-3,5,8H2,1H3,(H2,16,18). The van der Waals surface area contributed by atoms with Gasteiger partial charge in [0.1, 0.15) is 5.84 Å². The lowest BCUT2D eigenvalue weighted by Gasteiger charge is -2.08. The zero-order valence-corrected chi connectivity index (χ0v) is 13.1. The molecule has 6 heteroatoms. The van der Waals surface area contributed by atoms with Gasteiger partial charge in [0.05, 0.1) is 5.03 Å². The fourth-order valence-electron chi connectivity index (χ4n) is 1.31. The smallest absolute Gasteiger partial charge is 0.120 e.